The Hall–Kier alpha value is -2.04. The number of allylic oxidation sites excluding steroid dienone is 2. The monoisotopic (exact) mass is 335 g/mol. The maximum absolute atomic E-state index is 5.92. The highest BCUT2D eigenvalue weighted by atomic mass is 35.5. The number of benzene rings is 1. The SMILES string of the molecule is CC=CC1CCC(C#Cc2ccc(-c3ccc(Cl)cc3)nc2)CC1. The fraction of sp³-hybridized carbons (Fsp3) is 0.318. The molecule has 2 heteroatoms. The van der Waals surface area contributed by atoms with Gasteiger partial charge in [-0.15, -0.1) is 0 Å². The highest BCUT2D eigenvalue weighted by Gasteiger charge is 2.17. The Morgan fingerprint density at radius 2 is 1.79 bits per heavy atom. The molecule has 2 aromatic rings. The molecule has 24 heavy (non-hydrogen) atoms. The third kappa shape index (κ3) is 4.49. The third-order valence-corrected chi connectivity index (χ3v) is 4.81. The summed E-state index contributed by atoms with van der Waals surface area (Å²) in [4.78, 5) is 4.52. The Balaban J connectivity index is 1.62. The molecule has 0 saturated heterocycles. The van der Waals surface area contributed by atoms with Crippen molar-refractivity contribution in [3.8, 4) is 23.1 Å². The van der Waals surface area contributed by atoms with Crippen molar-refractivity contribution in [1.82, 2.24) is 4.98 Å². The molecule has 1 nitrogen and oxygen atoms in total. The lowest BCUT2D eigenvalue weighted by molar-refractivity contribution is 0.364. The zero-order chi connectivity index (χ0) is 16.8. The molecule has 0 unspecified atom stereocenters. The Morgan fingerprint density at radius 3 is 2.42 bits per heavy atom. The van der Waals surface area contributed by atoms with Crippen molar-refractivity contribution < 1.29 is 0 Å². The van der Waals surface area contributed by atoms with Crippen molar-refractivity contribution in [1.29, 1.82) is 0 Å². The third-order valence-electron chi connectivity index (χ3n) is 4.56. The number of pyridine rings is 1. The minimum absolute atomic E-state index is 0.530. The van der Waals surface area contributed by atoms with Gasteiger partial charge in [-0.25, -0.2) is 0 Å². The zero-order valence-electron chi connectivity index (χ0n) is 14.0. The number of halogens is 1. The minimum Gasteiger partial charge on any atom is -0.255 e. The molecule has 3 rings (SSSR count). The van der Waals surface area contributed by atoms with Gasteiger partial charge in [0.05, 0.1) is 5.69 Å². The van der Waals surface area contributed by atoms with Gasteiger partial charge in [0.15, 0.2) is 0 Å². The predicted octanol–water partition coefficient (Wildman–Crippen LogP) is 6.14. The van der Waals surface area contributed by atoms with Gasteiger partial charge in [0.25, 0.3) is 0 Å². The van der Waals surface area contributed by atoms with Crippen LogP contribution in [0.3, 0.4) is 0 Å². The van der Waals surface area contributed by atoms with Crippen LogP contribution in [0.25, 0.3) is 11.3 Å². The maximum Gasteiger partial charge on any atom is 0.0702 e. The van der Waals surface area contributed by atoms with Crippen LogP contribution in [0.1, 0.15) is 38.2 Å². The molecule has 0 spiro atoms. The quantitative estimate of drug-likeness (QED) is 0.474. The fourth-order valence-electron chi connectivity index (χ4n) is 3.17. The number of aromatic nitrogens is 1. The normalized spacial score (nSPS) is 20.6. The lowest BCUT2D eigenvalue weighted by atomic mass is 9.82. The second-order valence-corrected chi connectivity index (χ2v) is 6.78. The van der Waals surface area contributed by atoms with Crippen LogP contribution < -0.4 is 0 Å². The summed E-state index contributed by atoms with van der Waals surface area (Å²) < 4.78 is 0. The Bertz CT molecular complexity index is 739. The minimum atomic E-state index is 0.530. The molecule has 0 amide bonds. The topological polar surface area (TPSA) is 12.9 Å². The van der Waals surface area contributed by atoms with E-state index in [2.05, 4.69) is 42.0 Å². The molecule has 1 aromatic carbocycles. The van der Waals surface area contributed by atoms with E-state index >= 15 is 0 Å². The van der Waals surface area contributed by atoms with E-state index in [1.807, 2.05) is 36.5 Å². The average Bonchev–Trinajstić information content (AvgIpc) is 2.63. The molecule has 0 bridgehead atoms. The summed E-state index contributed by atoms with van der Waals surface area (Å²) in [5.41, 5.74) is 3.01. The lowest BCUT2D eigenvalue weighted by Crippen LogP contribution is -2.11. The summed E-state index contributed by atoms with van der Waals surface area (Å²) in [5, 5.41) is 0.741. The molecular weight excluding hydrogens is 314 g/mol. The summed E-state index contributed by atoms with van der Waals surface area (Å²) in [6, 6.07) is 11.8. The molecule has 0 atom stereocenters. The van der Waals surface area contributed by atoms with Crippen molar-refractivity contribution in [3.63, 3.8) is 0 Å². The van der Waals surface area contributed by atoms with Crippen LogP contribution >= 0.6 is 11.6 Å². The fourth-order valence-corrected chi connectivity index (χ4v) is 3.30. The van der Waals surface area contributed by atoms with Crippen molar-refractivity contribution in [2.75, 3.05) is 0 Å². The van der Waals surface area contributed by atoms with E-state index in [9.17, 15) is 0 Å². The van der Waals surface area contributed by atoms with Gasteiger partial charge in [-0.2, -0.15) is 0 Å². The van der Waals surface area contributed by atoms with Gasteiger partial charge in [-0.1, -0.05) is 47.7 Å². The first-order valence-corrected chi connectivity index (χ1v) is 8.99. The van der Waals surface area contributed by atoms with Crippen LogP contribution in [0.2, 0.25) is 5.02 Å². The molecule has 0 N–H and O–H groups in total. The first-order chi connectivity index (χ1) is 11.7. The highest BCUT2D eigenvalue weighted by molar-refractivity contribution is 6.30. The summed E-state index contributed by atoms with van der Waals surface area (Å²) in [6.07, 6.45) is 11.3. The van der Waals surface area contributed by atoms with Crippen molar-refractivity contribution in [2.24, 2.45) is 11.8 Å². The summed E-state index contributed by atoms with van der Waals surface area (Å²) in [6.45, 7) is 2.10. The predicted molar refractivity (Wildman–Crippen MR) is 102 cm³/mol. The van der Waals surface area contributed by atoms with E-state index in [4.69, 9.17) is 11.6 Å². The standard InChI is InChI=1S/C22H22ClN/c1-2-3-17-4-6-18(7-5-17)8-9-19-10-15-22(24-16-19)20-11-13-21(23)14-12-20/h2-3,10-18H,4-7H2,1H3. The highest BCUT2D eigenvalue weighted by Crippen LogP contribution is 2.29. The largest absolute Gasteiger partial charge is 0.255 e. The maximum atomic E-state index is 5.92. The molecule has 1 aromatic heterocycles. The number of rotatable bonds is 2. The molecule has 1 saturated carbocycles. The van der Waals surface area contributed by atoms with Gasteiger partial charge < -0.3 is 0 Å². The van der Waals surface area contributed by atoms with E-state index in [1.54, 1.807) is 0 Å². The van der Waals surface area contributed by atoms with Gasteiger partial charge in [0.2, 0.25) is 0 Å². The summed E-state index contributed by atoms with van der Waals surface area (Å²) in [7, 11) is 0. The van der Waals surface area contributed by atoms with E-state index in [-0.39, 0.29) is 0 Å². The van der Waals surface area contributed by atoms with Gasteiger partial charge >= 0.3 is 0 Å². The van der Waals surface area contributed by atoms with Crippen molar-refractivity contribution >= 4 is 11.6 Å². The zero-order valence-corrected chi connectivity index (χ0v) is 14.8. The van der Waals surface area contributed by atoms with Crippen LogP contribution in [-0.2, 0) is 0 Å². The van der Waals surface area contributed by atoms with Crippen LogP contribution in [0.5, 0.6) is 0 Å². The Kier molecular flexibility index (Phi) is 5.72. The Morgan fingerprint density at radius 1 is 1.04 bits per heavy atom. The Labute approximate surface area is 149 Å². The second kappa shape index (κ2) is 8.18. The van der Waals surface area contributed by atoms with Crippen LogP contribution in [0.4, 0.5) is 0 Å². The molecule has 122 valence electrons. The summed E-state index contributed by atoms with van der Waals surface area (Å²) >= 11 is 5.92. The molecule has 1 aliphatic carbocycles. The molecular formula is C22H22ClN. The molecule has 1 fully saturated rings. The number of hydrogen-bond acceptors (Lipinski definition) is 1. The molecule has 1 heterocycles. The van der Waals surface area contributed by atoms with Gasteiger partial charge in [-0.3, -0.25) is 4.98 Å². The van der Waals surface area contributed by atoms with Crippen LogP contribution in [0.15, 0.2) is 54.7 Å². The van der Waals surface area contributed by atoms with Crippen molar-refractivity contribution in [2.45, 2.75) is 32.6 Å². The number of nitrogens with zero attached hydrogens (tertiary/aromatic N) is 1. The van der Waals surface area contributed by atoms with Gasteiger partial charge in [-0.05, 0) is 62.8 Å². The first-order valence-electron chi connectivity index (χ1n) is 8.61. The number of hydrogen-bond donors (Lipinski definition) is 0. The molecule has 0 radical (unpaired) electrons. The van der Waals surface area contributed by atoms with Gasteiger partial charge in [0.1, 0.15) is 0 Å². The smallest absolute Gasteiger partial charge is 0.0702 e. The van der Waals surface area contributed by atoms with Gasteiger partial charge in [0, 0.05) is 28.3 Å². The van der Waals surface area contributed by atoms with Crippen molar-refractivity contribution in [3.05, 3.63) is 65.3 Å². The molecule has 0 aliphatic heterocycles. The van der Waals surface area contributed by atoms with E-state index < -0.39 is 0 Å². The van der Waals surface area contributed by atoms with Crippen LogP contribution in [-0.4, -0.2) is 4.98 Å². The second-order valence-electron chi connectivity index (χ2n) is 6.35. The average molecular weight is 336 g/mol. The first kappa shape index (κ1) is 16.8. The molecule has 1 aliphatic rings. The lowest BCUT2D eigenvalue weighted by Gasteiger charge is -2.22. The van der Waals surface area contributed by atoms with Crippen LogP contribution in [0, 0.1) is 23.7 Å². The van der Waals surface area contributed by atoms with E-state index in [0.717, 1.165) is 27.8 Å². The van der Waals surface area contributed by atoms with E-state index in [0.29, 0.717) is 5.92 Å². The summed E-state index contributed by atoms with van der Waals surface area (Å²) in [5.74, 6) is 8.02. The van der Waals surface area contributed by atoms with E-state index in [1.165, 1.54) is 25.7 Å².